The number of carboxylic acids is 1. The summed E-state index contributed by atoms with van der Waals surface area (Å²) < 4.78 is 5.70. The maximum absolute atomic E-state index is 12.2. The lowest BCUT2D eigenvalue weighted by Gasteiger charge is -2.08. The van der Waals surface area contributed by atoms with Crippen LogP contribution >= 0.6 is 11.6 Å². The topological polar surface area (TPSA) is 75.6 Å². The molecule has 0 saturated carbocycles. The van der Waals surface area contributed by atoms with E-state index in [4.69, 9.17) is 16.3 Å². The van der Waals surface area contributed by atoms with E-state index in [9.17, 15) is 14.7 Å². The normalized spacial score (nSPS) is 11.0. The minimum atomic E-state index is -1.24. The fourth-order valence-corrected chi connectivity index (χ4v) is 2.56. The van der Waals surface area contributed by atoms with E-state index in [0.29, 0.717) is 27.6 Å². The summed E-state index contributed by atoms with van der Waals surface area (Å²) in [6.45, 7) is 0. The zero-order valence-corrected chi connectivity index (χ0v) is 15.4. The number of aliphatic carboxylic acids is 1. The van der Waals surface area contributed by atoms with Crippen LogP contribution in [0.3, 0.4) is 0 Å². The van der Waals surface area contributed by atoms with Crippen LogP contribution in [-0.4, -0.2) is 17.0 Å². The highest BCUT2D eigenvalue weighted by atomic mass is 35.5. The van der Waals surface area contributed by atoms with E-state index in [1.807, 2.05) is 6.07 Å². The average molecular weight is 394 g/mol. The molecule has 5 nitrogen and oxygen atoms in total. The molecule has 0 bridgehead atoms. The van der Waals surface area contributed by atoms with Gasteiger partial charge in [0.15, 0.2) is 0 Å². The van der Waals surface area contributed by atoms with Crippen molar-refractivity contribution in [1.29, 1.82) is 0 Å². The van der Waals surface area contributed by atoms with Crippen molar-refractivity contribution in [2.75, 3.05) is 0 Å². The van der Waals surface area contributed by atoms with Crippen LogP contribution in [0.15, 0.2) is 84.6 Å². The first-order valence-electron chi connectivity index (χ1n) is 8.37. The molecule has 0 aromatic heterocycles. The lowest BCUT2D eigenvalue weighted by molar-refractivity contribution is -0.132. The number of benzene rings is 3. The number of hydrogen-bond donors (Lipinski definition) is 2. The number of ether oxygens (including phenoxy) is 1. The molecular formula is C22H16ClNO4. The van der Waals surface area contributed by atoms with E-state index in [1.165, 1.54) is 6.08 Å². The Labute approximate surface area is 166 Å². The van der Waals surface area contributed by atoms with Gasteiger partial charge in [-0.25, -0.2) is 4.79 Å². The summed E-state index contributed by atoms with van der Waals surface area (Å²) >= 11 is 6.07. The summed E-state index contributed by atoms with van der Waals surface area (Å²) in [7, 11) is 0. The van der Waals surface area contributed by atoms with Crippen molar-refractivity contribution in [2.45, 2.75) is 0 Å². The molecule has 0 aliphatic carbocycles. The zero-order chi connectivity index (χ0) is 19.9. The number of nitrogens with one attached hydrogen (secondary N) is 1. The van der Waals surface area contributed by atoms with Gasteiger partial charge in [-0.1, -0.05) is 54.1 Å². The summed E-state index contributed by atoms with van der Waals surface area (Å²) in [4.78, 5) is 23.7. The minimum Gasteiger partial charge on any atom is -0.477 e. The SMILES string of the molecule is O=C(O)/C(=C/c1ccc(Oc2ccccc2Cl)cc1)NC(=O)c1ccccc1. The minimum absolute atomic E-state index is 0.228. The molecule has 0 unspecified atom stereocenters. The molecule has 3 aromatic carbocycles. The van der Waals surface area contributed by atoms with Gasteiger partial charge in [0.1, 0.15) is 17.2 Å². The molecule has 0 atom stereocenters. The van der Waals surface area contributed by atoms with Crippen molar-refractivity contribution in [3.63, 3.8) is 0 Å². The van der Waals surface area contributed by atoms with Crippen molar-refractivity contribution in [3.05, 3.63) is 101 Å². The van der Waals surface area contributed by atoms with Gasteiger partial charge >= 0.3 is 5.97 Å². The maximum atomic E-state index is 12.2. The second-order valence-corrected chi connectivity index (χ2v) is 6.19. The van der Waals surface area contributed by atoms with E-state index in [1.54, 1.807) is 72.8 Å². The number of halogens is 1. The highest BCUT2D eigenvalue weighted by molar-refractivity contribution is 6.32. The van der Waals surface area contributed by atoms with Crippen molar-refractivity contribution in [1.82, 2.24) is 5.32 Å². The van der Waals surface area contributed by atoms with E-state index in [0.717, 1.165) is 0 Å². The summed E-state index contributed by atoms with van der Waals surface area (Å²) in [6.07, 6.45) is 1.38. The Bertz CT molecular complexity index is 1010. The Morgan fingerprint density at radius 1 is 0.893 bits per heavy atom. The molecule has 6 heteroatoms. The van der Waals surface area contributed by atoms with Crippen LogP contribution in [0.5, 0.6) is 11.5 Å². The van der Waals surface area contributed by atoms with Crippen molar-refractivity contribution in [2.24, 2.45) is 0 Å². The molecular weight excluding hydrogens is 378 g/mol. The van der Waals surface area contributed by atoms with E-state index < -0.39 is 11.9 Å². The second kappa shape index (κ2) is 8.88. The number of para-hydroxylation sites is 1. The number of hydrogen-bond acceptors (Lipinski definition) is 3. The first-order chi connectivity index (χ1) is 13.5. The van der Waals surface area contributed by atoms with Gasteiger partial charge in [-0.05, 0) is 48.0 Å². The molecule has 0 radical (unpaired) electrons. The Morgan fingerprint density at radius 3 is 2.18 bits per heavy atom. The van der Waals surface area contributed by atoms with Gasteiger partial charge in [0.2, 0.25) is 0 Å². The molecule has 0 spiro atoms. The molecule has 2 N–H and O–H groups in total. The predicted octanol–water partition coefficient (Wildman–Crippen LogP) is 4.99. The first-order valence-corrected chi connectivity index (χ1v) is 8.74. The monoisotopic (exact) mass is 393 g/mol. The smallest absolute Gasteiger partial charge is 0.352 e. The molecule has 0 aliphatic rings. The molecule has 140 valence electrons. The third kappa shape index (κ3) is 4.99. The van der Waals surface area contributed by atoms with Crippen LogP contribution in [0.25, 0.3) is 6.08 Å². The van der Waals surface area contributed by atoms with Gasteiger partial charge in [-0.15, -0.1) is 0 Å². The fraction of sp³-hybridized carbons (Fsp3) is 0. The number of rotatable bonds is 6. The van der Waals surface area contributed by atoms with Crippen LogP contribution in [0.1, 0.15) is 15.9 Å². The van der Waals surface area contributed by atoms with Crippen molar-refractivity contribution < 1.29 is 19.4 Å². The highest BCUT2D eigenvalue weighted by Gasteiger charge is 2.13. The van der Waals surface area contributed by atoms with Gasteiger partial charge in [0.25, 0.3) is 5.91 Å². The third-order valence-electron chi connectivity index (χ3n) is 3.77. The second-order valence-electron chi connectivity index (χ2n) is 5.78. The Kier molecular flexibility index (Phi) is 6.09. The van der Waals surface area contributed by atoms with Crippen LogP contribution in [-0.2, 0) is 4.79 Å². The van der Waals surface area contributed by atoms with Crippen LogP contribution in [0.4, 0.5) is 0 Å². The molecule has 1 amide bonds. The van der Waals surface area contributed by atoms with Crippen molar-refractivity contribution in [3.8, 4) is 11.5 Å². The Morgan fingerprint density at radius 2 is 1.54 bits per heavy atom. The number of carbonyl (C=O) groups is 2. The van der Waals surface area contributed by atoms with Crippen molar-refractivity contribution >= 4 is 29.6 Å². The third-order valence-corrected chi connectivity index (χ3v) is 4.08. The van der Waals surface area contributed by atoms with Crippen LogP contribution < -0.4 is 10.1 Å². The molecule has 3 aromatic rings. The summed E-state index contributed by atoms with van der Waals surface area (Å²) in [5, 5.41) is 12.3. The summed E-state index contributed by atoms with van der Waals surface area (Å²) in [5.41, 5.74) is 0.740. The Hall–Kier alpha value is -3.57. The summed E-state index contributed by atoms with van der Waals surface area (Å²) in [6, 6.07) is 22.2. The maximum Gasteiger partial charge on any atom is 0.352 e. The zero-order valence-electron chi connectivity index (χ0n) is 14.6. The largest absolute Gasteiger partial charge is 0.477 e. The molecule has 0 heterocycles. The Balaban J connectivity index is 1.75. The van der Waals surface area contributed by atoms with Gasteiger partial charge < -0.3 is 15.2 Å². The molecule has 3 rings (SSSR count). The molecule has 0 aliphatic heterocycles. The molecule has 0 fully saturated rings. The fourth-order valence-electron chi connectivity index (χ4n) is 2.39. The van der Waals surface area contributed by atoms with Crippen LogP contribution in [0.2, 0.25) is 5.02 Å². The average Bonchev–Trinajstić information content (AvgIpc) is 2.71. The lowest BCUT2D eigenvalue weighted by atomic mass is 10.1. The highest BCUT2D eigenvalue weighted by Crippen LogP contribution is 2.29. The van der Waals surface area contributed by atoms with Gasteiger partial charge in [0, 0.05) is 5.56 Å². The van der Waals surface area contributed by atoms with Crippen LogP contribution in [0, 0.1) is 0 Å². The predicted molar refractivity (Wildman–Crippen MR) is 107 cm³/mol. The molecule has 28 heavy (non-hydrogen) atoms. The lowest BCUT2D eigenvalue weighted by Crippen LogP contribution is -2.27. The number of carboxylic acid groups (broad SMARTS) is 1. The number of amides is 1. The van der Waals surface area contributed by atoms with Gasteiger partial charge in [0.05, 0.1) is 5.02 Å². The summed E-state index contributed by atoms with van der Waals surface area (Å²) in [5.74, 6) is -0.655. The van der Waals surface area contributed by atoms with Gasteiger partial charge in [-0.3, -0.25) is 4.79 Å². The van der Waals surface area contributed by atoms with E-state index in [2.05, 4.69) is 5.32 Å². The van der Waals surface area contributed by atoms with Gasteiger partial charge in [-0.2, -0.15) is 0 Å². The van der Waals surface area contributed by atoms with E-state index >= 15 is 0 Å². The van der Waals surface area contributed by atoms with E-state index in [-0.39, 0.29) is 5.70 Å². The number of carbonyl (C=O) groups excluding carboxylic acids is 1. The first kappa shape index (κ1) is 19.2. The quantitative estimate of drug-likeness (QED) is 0.578. The molecule has 0 saturated heterocycles. The standard InChI is InChI=1S/C22H16ClNO4/c23-18-8-4-5-9-20(18)28-17-12-10-15(11-13-17)14-19(22(26)27)24-21(25)16-6-2-1-3-7-16/h1-14H,(H,24,25)(H,26,27)/b19-14-.